The Morgan fingerprint density at radius 2 is 1.59 bits per heavy atom. The van der Waals surface area contributed by atoms with Crippen LogP contribution in [-0.4, -0.2) is 67.5 Å². The van der Waals surface area contributed by atoms with E-state index in [-0.39, 0.29) is 12.5 Å². The molecule has 0 radical (unpaired) electrons. The van der Waals surface area contributed by atoms with E-state index in [4.69, 9.17) is 9.47 Å². The van der Waals surface area contributed by atoms with Crippen molar-refractivity contribution < 1.29 is 19.4 Å². The maximum atomic E-state index is 13.4. The van der Waals surface area contributed by atoms with Gasteiger partial charge in [0.05, 0.1) is 32.1 Å². The molecule has 7 nitrogen and oxygen atoms in total. The summed E-state index contributed by atoms with van der Waals surface area (Å²) in [5, 5.41) is 9.46. The van der Waals surface area contributed by atoms with E-state index in [1.165, 1.54) is 0 Å². The standard InChI is InChI=1S/C25H29N3O4/c1-31-21-16-20(17-22(18-21)32-2)26-10-12-28(13-11-26)25(30)23-8-9-27(14-15-29)24(23)19-6-4-3-5-7-19/h3-9,16-18,29H,10-15H2,1-2H3. The van der Waals surface area contributed by atoms with Gasteiger partial charge in [-0.3, -0.25) is 4.79 Å². The number of aliphatic hydroxyl groups is 1. The number of nitrogens with zero attached hydrogens (tertiary/aromatic N) is 3. The topological polar surface area (TPSA) is 67.2 Å². The van der Waals surface area contributed by atoms with Crippen LogP contribution < -0.4 is 14.4 Å². The maximum absolute atomic E-state index is 13.4. The number of anilines is 1. The average molecular weight is 436 g/mol. The van der Waals surface area contributed by atoms with Gasteiger partial charge in [0.15, 0.2) is 0 Å². The van der Waals surface area contributed by atoms with Crippen LogP contribution in [0.3, 0.4) is 0 Å². The number of hydrogen-bond acceptors (Lipinski definition) is 5. The first-order valence-electron chi connectivity index (χ1n) is 10.8. The Hall–Kier alpha value is -3.45. The fourth-order valence-electron chi connectivity index (χ4n) is 4.17. The van der Waals surface area contributed by atoms with Crippen molar-refractivity contribution in [1.29, 1.82) is 0 Å². The first kappa shape index (κ1) is 21.8. The fraction of sp³-hybridized carbons (Fsp3) is 0.320. The van der Waals surface area contributed by atoms with Gasteiger partial charge in [0.2, 0.25) is 0 Å². The molecule has 3 aromatic rings. The predicted octanol–water partition coefficient (Wildman–Crippen LogP) is 3.13. The number of piperazine rings is 1. The summed E-state index contributed by atoms with van der Waals surface area (Å²) < 4.78 is 12.7. The van der Waals surface area contributed by atoms with Crippen molar-refractivity contribution in [1.82, 2.24) is 9.47 Å². The van der Waals surface area contributed by atoms with Crippen LogP contribution >= 0.6 is 0 Å². The summed E-state index contributed by atoms with van der Waals surface area (Å²) in [5.41, 5.74) is 3.51. The number of rotatable bonds is 7. The van der Waals surface area contributed by atoms with Gasteiger partial charge < -0.3 is 28.9 Å². The molecule has 0 unspecified atom stereocenters. The average Bonchev–Trinajstić information content (AvgIpc) is 3.27. The molecule has 0 saturated carbocycles. The van der Waals surface area contributed by atoms with E-state index in [0.717, 1.165) is 41.5 Å². The van der Waals surface area contributed by atoms with E-state index in [1.807, 2.05) is 70.3 Å². The highest BCUT2D eigenvalue weighted by atomic mass is 16.5. The lowest BCUT2D eigenvalue weighted by Crippen LogP contribution is -2.48. The molecule has 1 aliphatic rings. The minimum atomic E-state index is 0.0171. The van der Waals surface area contributed by atoms with E-state index in [0.29, 0.717) is 25.2 Å². The molecule has 2 aromatic carbocycles. The van der Waals surface area contributed by atoms with Crippen LogP contribution in [-0.2, 0) is 6.54 Å². The summed E-state index contributed by atoms with van der Waals surface area (Å²) in [6.07, 6.45) is 1.88. The first-order valence-corrected chi connectivity index (χ1v) is 10.8. The molecule has 1 aromatic heterocycles. The van der Waals surface area contributed by atoms with Crippen LogP contribution in [0.4, 0.5) is 5.69 Å². The molecule has 1 amide bonds. The number of aromatic nitrogens is 1. The zero-order valence-corrected chi connectivity index (χ0v) is 18.5. The fourth-order valence-corrected chi connectivity index (χ4v) is 4.17. The van der Waals surface area contributed by atoms with Crippen molar-refractivity contribution in [2.75, 3.05) is 51.9 Å². The Morgan fingerprint density at radius 3 is 2.19 bits per heavy atom. The second kappa shape index (κ2) is 9.78. The number of carbonyl (C=O) groups is 1. The molecule has 7 heteroatoms. The van der Waals surface area contributed by atoms with Gasteiger partial charge in [-0.1, -0.05) is 30.3 Å². The van der Waals surface area contributed by atoms with Gasteiger partial charge in [0.1, 0.15) is 11.5 Å². The highest BCUT2D eigenvalue weighted by molar-refractivity contribution is 6.00. The number of carbonyl (C=O) groups excluding carboxylic acids is 1. The number of hydrogen-bond donors (Lipinski definition) is 1. The Labute approximate surface area is 188 Å². The largest absolute Gasteiger partial charge is 0.497 e. The molecule has 32 heavy (non-hydrogen) atoms. The van der Waals surface area contributed by atoms with Crippen LogP contribution in [0.5, 0.6) is 11.5 Å². The van der Waals surface area contributed by atoms with Crippen molar-refractivity contribution in [2.24, 2.45) is 0 Å². The van der Waals surface area contributed by atoms with Crippen LogP contribution in [0, 0.1) is 0 Å². The van der Waals surface area contributed by atoms with E-state index in [9.17, 15) is 9.90 Å². The minimum Gasteiger partial charge on any atom is -0.497 e. The number of benzene rings is 2. The zero-order chi connectivity index (χ0) is 22.5. The minimum absolute atomic E-state index is 0.0171. The van der Waals surface area contributed by atoms with Crippen LogP contribution in [0.2, 0.25) is 0 Å². The molecule has 0 aliphatic carbocycles. The van der Waals surface area contributed by atoms with E-state index < -0.39 is 0 Å². The molecule has 0 bridgehead atoms. The normalized spacial score (nSPS) is 13.8. The molecule has 1 saturated heterocycles. The summed E-state index contributed by atoms with van der Waals surface area (Å²) in [7, 11) is 3.28. The molecule has 4 rings (SSSR count). The maximum Gasteiger partial charge on any atom is 0.256 e. The quantitative estimate of drug-likeness (QED) is 0.618. The van der Waals surface area contributed by atoms with Crippen LogP contribution in [0.15, 0.2) is 60.8 Å². The molecule has 1 N–H and O–H groups in total. The Bertz CT molecular complexity index is 1030. The van der Waals surface area contributed by atoms with Crippen molar-refractivity contribution in [3.8, 4) is 22.8 Å². The van der Waals surface area contributed by atoms with Gasteiger partial charge in [0, 0.05) is 62.8 Å². The summed E-state index contributed by atoms with van der Waals surface area (Å²) >= 11 is 0. The molecular weight excluding hydrogens is 406 g/mol. The van der Waals surface area contributed by atoms with Crippen molar-refractivity contribution in [3.63, 3.8) is 0 Å². The number of methoxy groups -OCH3 is 2. The third-order valence-electron chi connectivity index (χ3n) is 5.85. The second-order valence-electron chi connectivity index (χ2n) is 7.71. The summed E-state index contributed by atoms with van der Waals surface area (Å²) in [6.45, 7) is 3.16. The predicted molar refractivity (Wildman–Crippen MR) is 125 cm³/mol. The first-order chi connectivity index (χ1) is 15.6. The van der Waals surface area contributed by atoms with E-state index in [2.05, 4.69) is 4.90 Å². The summed E-state index contributed by atoms with van der Waals surface area (Å²) in [5.74, 6) is 1.51. The molecule has 0 spiro atoms. The van der Waals surface area contributed by atoms with E-state index >= 15 is 0 Å². The molecule has 1 fully saturated rings. The Balaban J connectivity index is 1.52. The summed E-state index contributed by atoms with van der Waals surface area (Å²) in [6, 6.07) is 17.6. The van der Waals surface area contributed by atoms with Crippen molar-refractivity contribution in [3.05, 3.63) is 66.4 Å². The molecule has 2 heterocycles. The lowest BCUT2D eigenvalue weighted by molar-refractivity contribution is 0.0747. The number of amides is 1. The second-order valence-corrected chi connectivity index (χ2v) is 7.71. The van der Waals surface area contributed by atoms with Crippen LogP contribution in [0.1, 0.15) is 10.4 Å². The van der Waals surface area contributed by atoms with E-state index in [1.54, 1.807) is 14.2 Å². The summed E-state index contributed by atoms with van der Waals surface area (Å²) in [4.78, 5) is 17.6. The third-order valence-corrected chi connectivity index (χ3v) is 5.85. The van der Waals surface area contributed by atoms with Gasteiger partial charge >= 0.3 is 0 Å². The molecule has 0 atom stereocenters. The van der Waals surface area contributed by atoms with Gasteiger partial charge in [-0.25, -0.2) is 0 Å². The molecule has 168 valence electrons. The SMILES string of the molecule is COc1cc(OC)cc(N2CCN(C(=O)c3ccn(CCO)c3-c3ccccc3)CC2)c1. The lowest BCUT2D eigenvalue weighted by atomic mass is 10.1. The van der Waals surface area contributed by atoms with Gasteiger partial charge in [-0.15, -0.1) is 0 Å². The zero-order valence-electron chi connectivity index (χ0n) is 18.5. The van der Waals surface area contributed by atoms with Gasteiger partial charge in [-0.05, 0) is 11.6 Å². The Morgan fingerprint density at radius 1 is 0.938 bits per heavy atom. The molecular formula is C25H29N3O4. The van der Waals surface area contributed by atoms with Crippen molar-refractivity contribution >= 4 is 11.6 Å². The van der Waals surface area contributed by atoms with Crippen molar-refractivity contribution in [2.45, 2.75) is 6.54 Å². The smallest absolute Gasteiger partial charge is 0.256 e. The molecule has 1 aliphatic heterocycles. The highest BCUT2D eigenvalue weighted by Crippen LogP contribution is 2.30. The third kappa shape index (κ3) is 4.43. The van der Waals surface area contributed by atoms with Crippen LogP contribution in [0.25, 0.3) is 11.3 Å². The monoisotopic (exact) mass is 435 g/mol. The van der Waals surface area contributed by atoms with Gasteiger partial charge in [-0.2, -0.15) is 0 Å². The number of ether oxygens (including phenoxy) is 2. The lowest BCUT2D eigenvalue weighted by Gasteiger charge is -2.36. The van der Waals surface area contributed by atoms with Gasteiger partial charge in [0.25, 0.3) is 5.91 Å². The number of aliphatic hydroxyl groups excluding tert-OH is 1. The Kier molecular flexibility index (Phi) is 6.66. The highest BCUT2D eigenvalue weighted by Gasteiger charge is 2.26.